The van der Waals surface area contributed by atoms with Crippen LogP contribution in [-0.2, 0) is 9.53 Å². The van der Waals surface area contributed by atoms with E-state index in [1.54, 1.807) is 4.90 Å². The average molecular weight is 172 g/mol. The molecule has 70 valence electrons. The molecule has 4 heteroatoms. The Kier molecular flexibility index (Phi) is 3.49. The van der Waals surface area contributed by atoms with Gasteiger partial charge >= 0.3 is 0 Å². The molecule has 12 heavy (non-hydrogen) atoms. The maximum atomic E-state index is 11.3. The Bertz CT molecular complexity index is 153. The molecule has 0 unspecified atom stereocenters. The molecule has 1 aliphatic rings. The molecule has 0 aromatic carbocycles. The summed E-state index contributed by atoms with van der Waals surface area (Å²) >= 11 is 0. The van der Waals surface area contributed by atoms with Gasteiger partial charge in [-0.15, -0.1) is 0 Å². The number of nitrogens with zero attached hydrogens (tertiary/aromatic N) is 1. The fourth-order valence-electron chi connectivity index (χ4n) is 1.05. The van der Waals surface area contributed by atoms with Crippen molar-refractivity contribution in [3.63, 3.8) is 0 Å². The van der Waals surface area contributed by atoms with Crippen LogP contribution in [0.25, 0.3) is 0 Å². The number of amides is 1. The Morgan fingerprint density at radius 3 is 2.92 bits per heavy atom. The molecule has 0 atom stereocenters. The fraction of sp³-hybridized carbons (Fsp3) is 0.875. The van der Waals surface area contributed by atoms with Gasteiger partial charge in [-0.3, -0.25) is 10.1 Å². The first-order chi connectivity index (χ1) is 5.70. The zero-order valence-corrected chi connectivity index (χ0v) is 7.67. The van der Waals surface area contributed by atoms with Crippen molar-refractivity contribution in [1.29, 1.82) is 0 Å². The van der Waals surface area contributed by atoms with Gasteiger partial charge in [0.1, 0.15) is 6.61 Å². The van der Waals surface area contributed by atoms with Gasteiger partial charge in [-0.2, -0.15) is 0 Å². The predicted octanol–water partition coefficient (Wildman–Crippen LogP) is -0.199. The van der Waals surface area contributed by atoms with E-state index in [4.69, 9.17) is 4.74 Å². The first-order valence-electron chi connectivity index (χ1n) is 4.30. The summed E-state index contributed by atoms with van der Waals surface area (Å²) in [5, 5.41) is 3.09. The van der Waals surface area contributed by atoms with Crippen molar-refractivity contribution in [1.82, 2.24) is 10.2 Å². The summed E-state index contributed by atoms with van der Waals surface area (Å²) in [5.41, 5.74) is 0. The van der Waals surface area contributed by atoms with E-state index in [9.17, 15) is 4.79 Å². The molecule has 1 aliphatic heterocycles. The number of nitrogens with one attached hydrogen (secondary N) is 1. The summed E-state index contributed by atoms with van der Waals surface area (Å²) in [6.45, 7) is 6.43. The van der Waals surface area contributed by atoms with Gasteiger partial charge in [-0.25, -0.2) is 0 Å². The van der Waals surface area contributed by atoms with Crippen LogP contribution in [-0.4, -0.2) is 43.3 Å². The highest BCUT2D eigenvalue weighted by molar-refractivity contribution is 5.77. The Morgan fingerprint density at radius 2 is 2.42 bits per heavy atom. The van der Waals surface area contributed by atoms with E-state index >= 15 is 0 Å². The van der Waals surface area contributed by atoms with Crippen molar-refractivity contribution in [2.24, 2.45) is 0 Å². The molecule has 1 saturated heterocycles. The summed E-state index contributed by atoms with van der Waals surface area (Å²) in [5.74, 6) is 0.0775. The third kappa shape index (κ3) is 2.79. The van der Waals surface area contributed by atoms with Crippen LogP contribution < -0.4 is 5.32 Å². The lowest BCUT2D eigenvalue weighted by atomic mass is 10.4. The maximum absolute atomic E-state index is 11.3. The molecule has 0 radical (unpaired) electrons. The molecular formula is C8H16N2O2. The smallest absolute Gasteiger partial charge is 0.249 e. The molecule has 1 rings (SSSR count). The van der Waals surface area contributed by atoms with Crippen molar-refractivity contribution >= 4 is 5.91 Å². The third-order valence-corrected chi connectivity index (χ3v) is 1.75. The molecule has 0 saturated carbocycles. The number of carbonyl (C=O) groups excluding carboxylic acids is 1. The molecule has 0 spiro atoms. The van der Waals surface area contributed by atoms with Gasteiger partial charge in [0.2, 0.25) is 5.91 Å². The van der Waals surface area contributed by atoms with Crippen LogP contribution >= 0.6 is 0 Å². The topological polar surface area (TPSA) is 41.6 Å². The van der Waals surface area contributed by atoms with Crippen molar-refractivity contribution < 1.29 is 9.53 Å². The summed E-state index contributed by atoms with van der Waals surface area (Å²) in [6.07, 6.45) is 0.129. The maximum Gasteiger partial charge on any atom is 0.249 e. The van der Waals surface area contributed by atoms with Crippen molar-refractivity contribution in [2.75, 3.05) is 26.4 Å². The number of ether oxygens (including phenoxy) is 1. The second kappa shape index (κ2) is 4.42. The summed E-state index contributed by atoms with van der Waals surface area (Å²) in [7, 11) is 0. The van der Waals surface area contributed by atoms with E-state index in [1.165, 1.54) is 0 Å². The highest BCUT2D eigenvalue weighted by Gasteiger charge is 2.17. The van der Waals surface area contributed by atoms with Gasteiger partial charge in [-0.05, 0) is 13.8 Å². The minimum Gasteiger partial charge on any atom is -0.369 e. The van der Waals surface area contributed by atoms with Gasteiger partial charge < -0.3 is 9.64 Å². The first-order valence-corrected chi connectivity index (χ1v) is 4.30. The molecule has 0 bridgehead atoms. The lowest BCUT2D eigenvalue weighted by Crippen LogP contribution is -2.33. The zero-order chi connectivity index (χ0) is 8.97. The quantitative estimate of drug-likeness (QED) is 0.641. The highest BCUT2D eigenvalue weighted by atomic mass is 16.5. The minimum absolute atomic E-state index is 0.0775. The standard InChI is InChI=1S/C8H16N2O2/c1-7(2)12-5-8(11)10-4-3-9-6-10/h7,9H,3-6H2,1-2H3. The molecule has 4 nitrogen and oxygen atoms in total. The number of carbonyl (C=O) groups is 1. The Balaban J connectivity index is 2.18. The summed E-state index contributed by atoms with van der Waals surface area (Å²) in [6, 6.07) is 0. The Hall–Kier alpha value is -0.610. The van der Waals surface area contributed by atoms with E-state index < -0.39 is 0 Å². The second-order valence-corrected chi connectivity index (χ2v) is 3.18. The molecule has 1 N–H and O–H groups in total. The number of rotatable bonds is 3. The van der Waals surface area contributed by atoms with Crippen molar-refractivity contribution in [2.45, 2.75) is 20.0 Å². The SMILES string of the molecule is CC(C)OCC(=O)N1CCNC1. The minimum atomic E-state index is 0.0775. The van der Waals surface area contributed by atoms with Crippen LogP contribution in [0.3, 0.4) is 0 Å². The van der Waals surface area contributed by atoms with E-state index in [0.29, 0.717) is 6.67 Å². The van der Waals surface area contributed by atoms with Gasteiger partial charge in [0, 0.05) is 13.1 Å². The molecule has 1 fully saturated rings. The van der Waals surface area contributed by atoms with Crippen LogP contribution in [0, 0.1) is 0 Å². The molecule has 0 aromatic rings. The summed E-state index contributed by atoms with van der Waals surface area (Å²) < 4.78 is 5.20. The van der Waals surface area contributed by atoms with E-state index in [-0.39, 0.29) is 18.6 Å². The molecule has 0 aliphatic carbocycles. The fourth-order valence-corrected chi connectivity index (χ4v) is 1.05. The first kappa shape index (κ1) is 9.48. The molecular weight excluding hydrogens is 156 g/mol. The predicted molar refractivity (Wildman–Crippen MR) is 45.7 cm³/mol. The highest BCUT2D eigenvalue weighted by Crippen LogP contribution is 1.95. The Labute approximate surface area is 72.9 Å². The lowest BCUT2D eigenvalue weighted by Gasteiger charge is -2.15. The van der Waals surface area contributed by atoms with Crippen LogP contribution in [0.4, 0.5) is 0 Å². The molecule has 1 heterocycles. The average Bonchev–Trinajstić information content (AvgIpc) is 2.51. The van der Waals surface area contributed by atoms with Crippen molar-refractivity contribution in [3.8, 4) is 0 Å². The van der Waals surface area contributed by atoms with Crippen LogP contribution in [0.2, 0.25) is 0 Å². The van der Waals surface area contributed by atoms with E-state index in [0.717, 1.165) is 13.1 Å². The van der Waals surface area contributed by atoms with Gasteiger partial charge in [0.05, 0.1) is 12.8 Å². The zero-order valence-electron chi connectivity index (χ0n) is 7.67. The van der Waals surface area contributed by atoms with Gasteiger partial charge in [0.15, 0.2) is 0 Å². The molecule has 1 amide bonds. The monoisotopic (exact) mass is 172 g/mol. The van der Waals surface area contributed by atoms with E-state index in [2.05, 4.69) is 5.32 Å². The largest absolute Gasteiger partial charge is 0.369 e. The lowest BCUT2D eigenvalue weighted by molar-refractivity contribution is -0.136. The van der Waals surface area contributed by atoms with Crippen LogP contribution in [0.15, 0.2) is 0 Å². The second-order valence-electron chi connectivity index (χ2n) is 3.18. The summed E-state index contributed by atoms with van der Waals surface area (Å²) in [4.78, 5) is 13.1. The van der Waals surface area contributed by atoms with E-state index in [1.807, 2.05) is 13.8 Å². The Morgan fingerprint density at radius 1 is 1.67 bits per heavy atom. The normalized spacial score (nSPS) is 17.4. The number of hydrogen-bond acceptors (Lipinski definition) is 3. The van der Waals surface area contributed by atoms with Gasteiger partial charge in [0.25, 0.3) is 0 Å². The molecule has 0 aromatic heterocycles. The van der Waals surface area contributed by atoms with Crippen LogP contribution in [0.1, 0.15) is 13.8 Å². The van der Waals surface area contributed by atoms with Gasteiger partial charge in [-0.1, -0.05) is 0 Å². The third-order valence-electron chi connectivity index (χ3n) is 1.75. The van der Waals surface area contributed by atoms with Crippen molar-refractivity contribution in [3.05, 3.63) is 0 Å². The number of hydrogen-bond donors (Lipinski definition) is 1. The van der Waals surface area contributed by atoms with Crippen LogP contribution in [0.5, 0.6) is 0 Å².